The van der Waals surface area contributed by atoms with Crippen molar-refractivity contribution in [3.63, 3.8) is 0 Å². The highest BCUT2D eigenvalue weighted by Gasteiger charge is 2.12. The van der Waals surface area contributed by atoms with Gasteiger partial charge in [-0.3, -0.25) is 0 Å². The van der Waals surface area contributed by atoms with E-state index in [1.807, 2.05) is 13.8 Å². The van der Waals surface area contributed by atoms with Gasteiger partial charge in [-0.15, -0.1) is 4.40 Å². The largest absolute Gasteiger partial charge is 0.443 e. The second-order valence-corrected chi connectivity index (χ2v) is 6.00. The van der Waals surface area contributed by atoms with Gasteiger partial charge in [-0.25, -0.2) is 0 Å². The van der Waals surface area contributed by atoms with Crippen LogP contribution in [-0.4, -0.2) is 8.42 Å². The fourth-order valence-electron chi connectivity index (χ4n) is 1.52. The standard InChI is InChI=1S/C14H15NO3S/c1-10-4-7-13(8-5-10)19(16,17)15-14-9-6-11(2)12(3)18-14/h4-9H,1-3H3/b15-14+. The second-order valence-electron chi connectivity index (χ2n) is 4.39. The minimum absolute atomic E-state index is 0.0867. The van der Waals surface area contributed by atoms with Crippen LogP contribution in [0.15, 0.2) is 50.1 Å². The zero-order chi connectivity index (χ0) is 14.0. The molecule has 0 radical (unpaired) electrons. The van der Waals surface area contributed by atoms with Gasteiger partial charge in [0.25, 0.3) is 10.0 Å². The van der Waals surface area contributed by atoms with Gasteiger partial charge >= 0.3 is 0 Å². The lowest BCUT2D eigenvalue weighted by Gasteiger charge is -2.00. The number of aryl methyl sites for hydroxylation is 3. The smallest absolute Gasteiger partial charge is 0.285 e. The molecule has 0 bridgehead atoms. The third kappa shape index (κ3) is 3.12. The molecule has 19 heavy (non-hydrogen) atoms. The van der Waals surface area contributed by atoms with Crippen molar-refractivity contribution in [2.45, 2.75) is 25.7 Å². The molecule has 0 aliphatic carbocycles. The normalized spacial score (nSPS) is 12.7. The zero-order valence-corrected chi connectivity index (χ0v) is 11.9. The Morgan fingerprint density at radius 2 is 1.58 bits per heavy atom. The summed E-state index contributed by atoms with van der Waals surface area (Å²) < 4.78 is 33.2. The van der Waals surface area contributed by atoms with E-state index in [2.05, 4.69) is 4.40 Å². The van der Waals surface area contributed by atoms with Gasteiger partial charge in [0.05, 0.1) is 4.90 Å². The van der Waals surface area contributed by atoms with E-state index in [1.165, 1.54) is 12.1 Å². The molecule has 2 aromatic rings. The van der Waals surface area contributed by atoms with Crippen LogP contribution in [0.1, 0.15) is 16.9 Å². The predicted octanol–water partition coefficient (Wildman–Crippen LogP) is 2.49. The maximum Gasteiger partial charge on any atom is 0.285 e. The van der Waals surface area contributed by atoms with E-state index in [0.717, 1.165) is 11.1 Å². The number of benzene rings is 1. The Morgan fingerprint density at radius 1 is 0.947 bits per heavy atom. The van der Waals surface area contributed by atoms with Gasteiger partial charge in [0.1, 0.15) is 5.76 Å². The molecule has 1 aromatic heterocycles. The van der Waals surface area contributed by atoms with Crippen molar-refractivity contribution in [1.29, 1.82) is 0 Å². The molecular formula is C14H15NO3S. The summed E-state index contributed by atoms with van der Waals surface area (Å²) in [6.07, 6.45) is 0. The molecule has 2 rings (SSSR count). The number of hydrogen-bond donors (Lipinski definition) is 0. The zero-order valence-electron chi connectivity index (χ0n) is 11.0. The number of rotatable bonds is 2. The Balaban J connectivity index is 2.51. The van der Waals surface area contributed by atoms with Crippen LogP contribution in [0.3, 0.4) is 0 Å². The van der Waals surface area contributed by atoms with Gasteiger partial charge in [-0.1, -0.05) is 23.8 Å². The molecule has 0 aliphatic heterocycles. The third-order valence-electron chi connectivity index (χ3n) is 2.82. The Labute approximate surface area is 112 Å². The minimum Gasteiger partial charge on any atom is -0.443 e. The first-order valence-electron chi connectivity index (χ1n) is 5.83. The van der Waals surface area contributed by atoms with Crippen LogP contribution in [0.25, 0.3) is 0 Å². The monoisotopic (exact) mass is 277 g/mol. The maximum absolute atomic E-state index is 12.1. The fraction of sp³-hybridized carbons (Fsp3) is 0.214. The van der Waals surface area contributed by atoms with Gasteiger partial charge in [-0.2, -0.15) is 8.42 Å². The van der Waals surface area contributed by atoms with Crippen molar-refractivity contribution in [3.05, 3.63) is 58.8 Å². The van der Waals surface area contributed by atoms with Crippen LogP contribution in [0.5, 0.6) is 0 Å². The molecule has 100 valence electrons. The molecule has 0 unspecified atom stereocenters. The van der Waals surface area contributed by atoms with Gasteiger partial charge in [-0.05, 0) is 38.5 Å². The lowest BCUT2D eigenvalue weighted by atomic mass is 10.2. The van der Waals surface area contributed by atoms with Crippen LogP contribution in [0, 0.1) is 20.8 Å². The van der Waals surface area contributed by atoms with E-state index in [0.29, 0.717) is 5.76 Å². The highest BCUT2D eigenvalue weighted by Crippen LogP contribution is 2.12. The maximum atomic E-state index is 12.1. The molecule has 4 nitrogen and oxygen atoms in total. The minimum atomic E-state index is -3.73. The molecule has 0 aliphatic rings. The molecule has 0 saturated carbocycles. The Hall–Kier alpha value is -1.88. The average Bonchev–Trinajstić information content (AvgIpc) is 2.34. The predicted molar refractivity (Wildman–Crippen MR) is 72.1 cm³/mol. The van der Waals surface area contributed by atoms with Gasteiger partial charge in [0.15, 0.2) is 0 Å². The average molecular weight is 277 g/mol. The number of nitrogens with zero attached hydrogens (tertiary/aromatic N) is 1. The lowest BCUT2D eigenvalue weighted by molar-refractivity contribution is 0.463. The molecule has 5 heteroatoms. The molecule has 0 atom stereocenters. The molecule has 0 saturated heterocycles. The van der Waals surface area contributed by atoms with E-state index in [9.17, 15) is 8.42 Å². The molecule has 0 N–H and O–H groups in total. The van der Waals surface area contributed by atoms with E-state index in [-0.39, 0.29) is 10.4 Å². The highest BCUT2D eigenvalue weighted by atomic mass is 32.2. The summed E-state index contributed by atoms with van der Waals surface area (Å²) in [4.78, 5) is 0.159. The van der Waals surface area contributed by atoms with Crippen molar-refractivity contribution in [2.75, 3.05) is 0 Å². The van der Waals surface area contributed by atoms with Crippen molar-refractivity contribution in [1.82, 2.24) is 0 Å². The van der Waals surface area contributed by atoms with Crippen LogP contribution in [0.2, 0.25) is 0 Å². The second kappa shape index (κ2) is 5.01. The number of hydrogen-bond acceptors (Lipinski definition) is 3. The Kier molecular flexibility index (Phi) is 3.57. The first-order valence-corrected chi connectivity index (χ1v) is 7.27. The summed E-state index contributed by atoms with van der Waals surface area (Å²) in [7, 11) is -3.73. The number of sulfonamides is 1. The summed E-state index contributed by atoms with van der Waals surface area (Å²) >= 11 is 0. The van der Waals surface area contributed by atoms with E-state index >= 15 is 0 Å². The van der Waals surface area contributed by atoms with Crippen molar-refractivity contribution in [2.24, 2.45) is 4.40 Å². The van der Waals surface area contributed by atoms with Crippen molar-refractivity contribution >= 4 is 10.0 Å². The van der Waals surface area contributed by atoms with Gasteiger partial charge in [0.2, 0.25) is 5.55 Å². The highest BCUT2D eigenvalue weighted by molar-refractivity contribution is 7.90. The molecule has 1 aromatic carbocycles. The lowest BCUT2D eigenvalue weighted by Crippen LogP contribution is -2.08. The Bertz CT molecular complexity index is 756. The molecule has 0 spiro atoms. The quantitative estimate of drug-likeness (QED) is 0.847. The topological polar surface area (TPSA) is 59.6 Å². The summed E-state index contributed by atoms with van der Waals surface area (Å²) in [5.41, 5.74) is 2.03. The first-order chi connectivity index (χ1) is 8.88. The first kappa shape index (κ1) is 13.5. The summed E-state index contributed by atoms with van der Waals surface area (Å²) in [5.74, 6) is 0.653. The molecular weight excluding hydrogens is 262 g/mol. The van der Waals surface area contributed by atoms with E-state index in [4.69, 9.17) is 4.42 Å². The molecule has 0 fully saturated rings. The summed E-state index contributed by atoms with van der Waals surface area (Å²) in [5, 5.41) is 0. The summed E-state index contributed by atoms with van der Waals surface area (Å²) in [6, 6.07) is 9.88. The van der Waals surface area contributed by atoms with E-state index < -0.39 is 10.0 Å². The van der Waals surface area contributed by atoms with Crippen LogP contribution in [0.4, 0.5) is 0 Å². The molecule has 1 heterocycles. The van der Waals surface area contributed by atoms with Crippen molar-refractivity contribution < 1.29 is 12.8 Å². The van der Waals surface area contributed by atoms with Crippen LogP contribution < -0.4 is 5.55 Å². The van der Waals surface area contributed by atoms with Crippen LogP contribution in [-0.2, 0) is 10.0 Å². The third-order valence-corrected chi connectivity index (χ3v) is 4.11. The fourth-order valence-corrected chi connectivity index (χ4v) is 2.44. The van der Waals surface area contributed by atoms with E-state index in [1.54, 1.807) is 31.2 Å². The molecule has 0 amide bonds. The van der Waals surface area contributed by atoms with Crippen molar-refractivity contribution in [3.8, 4) is 0 Å². The Morgan fingerprint density at radius 3 is 2.16 bits per heavy atom. The van der Waals surface area contributed by atoms with Crippen LogP contribution >= 0.6 is 0 Å². The van der Waals surface area contributed by atoms with Gasteiger partial charge < -0.3 is 4.42 Å². The summed E-state index contributed by atoms with van der Waals surface area (Å²) in [6.45, 7) is 5.55. The SMILES string of the molecule is Cc1ccc(S(=O)(=O)/N=c2\ccc(C)c(C)o2)cc1. The van der Waals surface area contributed by atoms with Gasteiger partial charge in [0, 0.05) is 6.07 Å².